The minimum atomic E-state index is -0.591. The second kappa shape index (κ2) is 7.15. The molecule has 1 saturated heterocycles. The highest BCUT2D eigenvalue weighted by atomic mass is 19.1. The first-order valence-electron chi connectivity index (χ1n) is 8.57. The summed E-state index contributed by atoms with van der Waals surface area (Å²) in [7, 11) is 0. The molecule has 136 valence electrons. The predicted molar refractivity (Wildman–Crippen MR) is 100.0 cm³/mol. The summed E-state index contributed by atoms with van der Waals surface area (Å²) in [5.41, 5.74) is 3.92. The lowest BCUT2D eigenvalue weighted by atomic mass is 10.1. The molecule has 2 aromatic rings. The molecule has 1 fully saturated rings. The van der Waals surface area contributed by atoms with Crippen LogP contribution in [0.3, 0.4) is 0 Å². The third-order valence-electron chi connectivity index (χ3n) is 4.44. The van der Waals surface area contributed by atoms with Crippen molar-refractivity contribution >= 4 is 23.3 Å². The fraction of sp³-hybridized carbons (Fsp3) is 0.300. The monoisotopic (exact) mass is 355 g/mol. The first-order chi connectivity index (χ1) is 12.3. The number of carbonyl (C=O) groups is 2. The normalized spacial score (nSPS) is 16.7. The van der Waals surface area contributed by atoms with E-state index in [9.17, 15) is 14.0 Å². The van der Waals surface area contributed by atoms with Crippen molar-refractivity contribution in [3.05, 3.63) is 58.9 Å². The molecule has 0 spiro atoms. The van der Waals surface area contributed by atoms with Crippen LogP contribution in [0.2, 0.25) is 0 Å². The maximum absolute atomic E-state index is 13.4. The number of hydrogen-bond acceptors (Lipinski definition) is 2. The summed E-state index contributed by atoms with van der Waals surface area (Å²) in [6.07, 6.45) is 0.509. The van der Waals surface area contributed by atoms with Crippen LogP contribution in [-0.2, 0) is 4.79 Å². The summed E-state index contributed by atoms with van der Waals surface area (Å²) in [5, 5.41) is 5.50. The second-order valence-corrected chi connectivity index (χ2v) is 6.74. The molecule has 0 radical (unpaired) electrons. The molecule has 0 aliphatic carbocycles. The highest BCUT2D eigenvalue weighted by Gasteiger charge is 2.33. The van der Waals surface area contributed by atoms with Crippen LogP contribution in [0, 0.1) is 26.6 Å². The van der Waals surface area contributed by atoms with Gasteiger partial charge < -0.3 is 15.5 Å². The Kier molecular flexibility index (Phi) is 4.93. The molecule has 0 bridgehead atoms. The van der Waals surface area contributed by atoms with Crippen LogP contribution in [0.5, 0.6) is 0 Å². The van der Waals surface area contributed by atoms with Crippen molar-refractivity contribution in [2.24, 2.45) is 0 Å². The summed E-state index contributed by atoms with van der Waals surface area (Å²) >= 11 is 0. The molecule has 2 N–H and O–H groups in total. The maximum atomic E-state index is 13.4. The van der Waals surface area contributed by atoms with Crippen molar-refractivity contribution in [2.75, 3.05) is 16.8 Å². The van der Waals surface area contributed by atoms with Crippen molar-refractivity contribution < 1.29 is 14.0 Å². The number of aryl methyl sites for hydroxylation is 3. The average molecular weight is 355 g/mol. The lowest BCUT2D eigenvalue weighted by Gasteiger charge is -2.18. The molecule has 1 unspecified atom stereocenters. The van der Waals surface area contributed by atoms with Crippen molar-refractivity contribution in [1.29, 1.82) is 0 Å². The highest BCUT2D eigenvalue weighted by Crippen LogP contribution is 2.24. The summed E-state index contributed by atoms with van der Waals surface area (Å²) in [6.45, 7) is 6.06. The smallest absolute Gasteiger partial charge is 0.319 e. The van der Waals surface area contributed by atoms with Gasteiger partial charge in [0.05, 0.1) is 0 Å². The van der Waals surface area contributed by atoms with Crippen LogP contribution in [0.15, 0.2) is 36.4 Å². The van der Waals surface area contributed by atoms with E-state index in [-0.39, 0.29) is 11.7 Å². The Morgan fingerprint density at radius 3 is 2.46 bits per heavy atom. The van der Waals surface area contributed by atoms with Crippen molar-refractivity contribution in [2.45, 2.75) is 33.2 Å². The van der Waals surface area contributed by atoms with Gasteiger partial charge in [0.2, 0.25) is 5.91 Å². The summed E-state index contributed by atoms with van der Waals surface area (Å²) in [6, 6.07) is 9.34. The second-order valence-electron chi connectivity index (χ2n) is 6.74. The lowest BCUT2D eigenvalue weighted by molar-refractivity contribution is -0.118. The van der Waals surface area contributed by atoms with Gasteiger partial charge in [-0.25, -0.2) is 9.18 Å². The van der Waals surface area contributed by atoms with Crippen LogP contribution in [0.4, 0.5) is 20.6 Å². The van der Waals surface area contributed by atoms with Gasteiger partial charge in [-0.3, -0.25) is 4.79 Å². The van der Waals surface area contributed by atoms with Crippen LogP contribution in [-0.4, -0.2) is 24.5 Å². The molecule has 3 amide bonds. The minimum Gasteiger partial charge on any atom is -0.326 e. The van der Waals surface area contributed by atoms with E-state index in [1.165, 1.54) is 6.07 Å². The highest BCUT2D eigenvalue weighted by molar-refractivity contribution is 6.02. The zero-order chi connectivity index (χ0) is 18.8. The molecule has 5 nitrogen and oxygen atoms in total. The summed E-state index contributed by atoms with van der Waals surface area (Å²) < 4.78 is 13.4. The Morgan fingerprint density at radius 1 is 1.12 bits per heavy atom. The van der Waals surface area contributed by atoms with E-state index in [1.54, 1.807) is 24.0 Å². The minimum absolute atomic E-state index is 0.188. The number of urea groups is 1. The van der Waals surface area contributed by atoms with E-state index in [0.29, 0.717) is 29.9 Å². The van der Waals surface area contributed by atoms with Gasteiger partial charge in [0.1, 0.15) is 11.9 Å². The van der Waals surface area contributed by atoms with E-state index in [0.717, 1.165) is 11.1 Å². The number of anilines is 2. The number of nitrogens with one attached hydrogen (secondary N) is 2. The van der Waals surface area contributed by atoms with Gasteiger partial charge in [-0.2, -0.15) is 0 Å². The standard InChI is InChI=1S/C20H22FN3O2/c1-12-8-13(2)10-15(9-12)22-20(26)23-18-6-7-24(19(18)25)16-4-5-17(21)14(3)11-16/h4-5,8-11,18H,6-7H2,1-3H3,(H2,22,23,26). The van der Waals surface area contributed by atoms with Crippen molar-refractivity contribution in [3.63, 3.8) is 0 Å². The summed E-state index contributed by atoms with van der Waals surface area (Å²) in [5.74, 6) is -0.491. The fourth-order valence-corrected chi connectivity index (χ4v) is 3.24. The van der Waals surface area contributed by atoms with Crippen LogP contribution in [0.25, 0.3) is 0 Å². The van der Waals surface area contributed by atoms with Crippen molar-refractivity contribution in [1.82, 2.24) is 5.32 Å². The van der Waals surface area contributed by atoms with Crippen LogP contribution < -0.4 is 15.5 Å². The number of rotatable bonds is 3. The molecule has 1 atom stereocenters. The van der Waals surface area contributed by atoms with E-state index >= 15 is 0 Å². The Bertz CT molecular complexity index is 846. The average Bonchev–Trinajstić information content (AvgIpc) is 2.90. The molecule has 2 aromatic carbocycles. The molecular formula is C20H22FN3O2. The topological polar surface area (TPSA) is 61.4 Å². The van der Waals surface area contributed by atoms with E-state index in [1.807, 2.05) is 32.0 Å². The first kappa shape index (κ1) is 17.9. The number of carbonyl (C=O) groups excluding carboxylic acids is 2. The van der Waals surface area contributed by atoms with Gasteiger partial charge >= 0.3 is 6.03 Å². The predicted octanol–water partition coefficient (Wildman–Crippen LogP) is 3.68. The van der Waals surface area contributed by atoms with Crippen LogP contribution in [0.1, 0.15) is 23.1 Å². The molecule has 0 saturated carbocycles. The number of hydrogen-bond donors (Lipinski definition) is 2. The molecule has 1 aliphatic rings. The largest absolute Gasteiger partial charge is 0.326 e. The van der Waals surface area contributed by atoms with E-state index in [2.05, 4.69) is 10.6 Å². The Labute approximate surface area is 152 Å². The quantitative estimate of drug-likeness (QED) is 0.882. The van der Waals surface area contributed by atoms with Gasteiger partial charge in [0, 0.05) is 17.9 Å². The molecule has 26 heavy (non-hydrogen) atoms. The zero-order valence-electron chi connectivity index (χ0n) is 15.1. The van der Waals surface area contributed by atoms with Gasteiger partial charge in [-0.15, -0.1) is 0 Å². The molecule has 1 heterocycles. The maximum Gasteiger partial charge on any atom is 0.319 e. The number of nitrogens with zero attached hydrogens (tertiary/aromatic N) is 1. The van der Waals surface area contributed by atoms with Gasteiger partial charge in [-0.05, 0) is 74.2 Å². The Morgan fingerprint density at radius 2 is 1.81 bits per heavy atom. The van der Waals surface area contributed by atoms with Crippen molar-refractivity contribution in [3.8, 4) is 0 Å². The Hall–Kier alpha value is -2.89. The SMILES string of the molecule is Cc1cc(C)cc(NC(=O)NC2CCN(c3ccc(F)c(C)c3)C2=O)c1. The number of halogens is 1. The van der Waals surface area contributed by atoms with E-state index in [4.69, 9.17) is 0 Å². The molecule has 1 aliphatic heterocycles. The fourth-order valence-electron chi connectivity index (χ4n) is 3.24. The number of benzene rings is 2. The summed E-state index contributed by atoms with van der Waals surface area (Å²) in [4.78, 5) is 26.4. The van der Waals surface area contributed by atoms with Gasteiger partial charge in [0.15, 0.2) is 0 Å². The lowest BCUT2D eigenvalue weighted by Crippen LogP contribution is -2.43. The van der Waals surface area contributed by atoms with Gasteiger partial charge in [-0.1, -0.05) is 6.07 Å². The van der Waals surface area contributed by atoms with Gasteiger partial charge in [0.25, 0.3) is 0 Å². The molecular weight excluding hydrogens is 333 g/mol. The van der Waals surface area contributed by atoms with E-state index < -0.39 is 12.1 Å². The third kappa shape index (κ3) is 3.85. The number of amides is 3. The molecule has 6 heteroatoms. The molecule has 0 aromatic heterocycles. The molecule has 3 rings (SSSR count). The zero-order valence-corrected chi connectivity index (χ0v) is 15.1. The first-order valence-corrected chi connectivity index (χ1v) is 8.57. The Balaban J connectivity index is 1.64. The van der Waals surface area contributed by atoms with Crippen LogP contribution >= 0.6 is 0 Å². The third-order valence-corrected chi connectivity index (χ3v) is 4.44.